The highest BCUT2D eigenvalue weighted by Gasteiger charge is 2.36. The van der Waals surface area contributed by atoms with E-state index < -0.39 is 28.5 Å². The van der Waals surface area contributed by atoms with Crippen LogP contribution in [0.25, 0.3) is 0 Å². The number of anilines is 1. The Hall–Kier alpha value is -4.14. The van der Waals surface area contributed by atoms with Gasteiger partial charge in [-0.3, -0.25) is 13.9 Å². The molecule has 4 aromatic carbocycles. The van der Waals surface area contributed by atoms with Gasteiger partial charge in [0.2, 0.25) is 11.8 Å². The molecule has 1 fully saturated rings. The Bertz CT molecular complexity index is 1810. The summed E-state index contributed by atoms with van der Waals surface area (Å²) in [6.07, 6.45) is 4.16. The van der Waals surface area contributed by atoms with Crippen LogP contribution in [0.5, 0.6) is 0 Å². The summed E-state index contributed by atoms with van der Waals surface area (Å²) < 4.78 is 29.8. The third-order valence-electron chi connectivity index (χ3n) is 8.80. The van der Waals surface area contributed by atoms with Gasteiger partial charge < -0.3 is 10.2 Å². The Morgan fingerprint density at radius 1 is 0.830 bits per heavy atom. The number of benzene rings is 4. The molecule has 0 spiro atoms. The van der Waals surface area contributed by atoms with Crippen molar-refractivity contribution in [3.63, 3.8) is 0 Å². The minimum atomic E-state index is -4.22. The maximum atomic E-state index is 14.7. The van der Waals surface area contributed by atoms with Crippen LogP contribution < -0.4 is 9.62 Å². The maximum absolute atomic E-state index is 14.7. The van der Waals surface area contributed by atoms with Gasteiger partial charge >= 0.3 is 0 Å². The zero-order valence-corrected chi connectivity index (χ0v) is 28.7. The van der Waals surface area contributed by atoms with Crippen LogP contribution >= 0.6 is 11.6 Å². The SMILES string of the molecule is Cc1ccc(S(=O)(=O)N(CC(=O)N(Cc2cccc(C)c2)[C@@H](Cc2ccccc2)C(=O)NC2CCCC2)c2cccc(Cl)c2C)cc1. The molecule has 9 heteroatoms. The van der Waals surface area contributed by atoms with Crippen molar-refractivity contribution < 1.29 is 18.0 Å². The molecule has 0 bridgehead atoms. The van der Waals surface area contributed by atoms with Crippen molar-refractivity contribution >= 4 is 39.1 Å². The summed E-state index contributed by atoms with van der Waals surface area (Å²) in [5, 5.41) is 3.60. The van der Waals surface area contributed by atoms with Gasteiger partial charge in [0.25, 0.3) is 10.0 Å². The van der Waals surface area contributed by atoms with Gasteiger partial charge in [-0.05, 0) is 74.6 Å². The highest BCUT2D eigenvalue weighted by atomic mass is 35.5. The second kappa shape index (κ2) is 15.2. The Balaban J connectivity index is 1.59. The highest BCUT2D eigenvalue weighted by Crippen LogP contribution is 2.31. The number of halogens is 1. The molecule has 5 rings (SSSR count). The lowest BCUT2D eigenvalue weighted by molar-refractivity contribution is -0.140. The van der Waals surface area contributed by atoms with E-state index in [0.29, 0.717) is 16.3 Å². The molecule has 0 radical (unpaired) electrons. The standard InChI is InChI=1S/C38H42ClN3O4S/c1-27-19-21-33(22-20-27)47(45,46)42(35-18-10-17-34(39)29(35)3)26-37(43)41(25-31-14-9-11-28(2)23-31)36(24-30-12-5-4-6-13-30)38(44)40-32-15-7-8-16-32/h4-6,9-14,17-23,32,36H,7-8,15-16,24-26H2,1-3H3,(H,40,44)/t36-/m0/s1. The van der Waals surface area contributed by atoms with Gasteiger partial charge in [0.05, 0.1) is 10.6 Å². The van der Waals surface area contributed by atoms with E-state index in [1.54, 1.807) is 54.3 Å². The quantitative estimate of drug-likeness (QED) is 0.173. The van der Waals surface area contributed by atoms with Crippen LogP contribution in [0.2, 0.25) is 5.02 Å². The van der Waals surface area contributed by atoms with E-state index in [-0.39, 0.29) is 29.8 Å². The first-order valence-electron chi connectivity index (χ1n) is 16.1. The van der Waals surface area contributed by atoms with Crippen LogP contribution in [0.15, 0.2) is 102 Å². The molecule has 0 heterocycles. The minimum absolute atomic E-state index is 0.0456. The van der Waals surface area contributed by atoms with Gasteiger partial charge in [-0.1, -0.05) is 108 Å². The number of carbonyl (C=O) groups excluding carboxylic acids is 2. The molecule has 4 aromatic rings. The molecule has 0 aliphatic heterocycles. The van der Waals surface area contributed by atoms with Crippen LogP contribution in [-0.2, 0) is 32.6 Å². The topological polar surface area (TPSA) is 86.8 Å². The van der Waals surface area contributed by atoms with E-state index >= 15 is 0 Å². The first-order valence-corrected chi connectivity index (χ1v) is 17.9. The fraction of sp³-hybridized carbons (Fsp3) is 0.316. The van der Waals surface area contributed by atoms with Gasteiger partial charge in [-0.15, -0.1) is 0 Å². The summed E-state index contributed by atoms with van der Waals surface area (Å²) in [6.45, 7) is 5.19. The first-order chi connectivity index (χ1) is 22.5. The van der Waals surface area contributed by atoms with Crippen LogP contribution in [0, 0.1) is 20.8 Å². The van der Waals surface area contributed by atoms with Crippen molar-refractivity contribution in [3.8, 4) is 0 Å². The van der Waals surface area contributed by atoms with E-state index in [4.69, 9.17) is 11.6 Å². The van der Waals surface area contributed by atoms with Crippen molar-refractivity contribution in [2.75, 3.05) is 10.8 Å². The smallest absolute Gasteiger partial charge is 0.264 e. The average molecular weight is 672 g/mol. The molecule has 0 saturated heterocycles. The average Bonchev–Trinajstić information content (AvgIpc) is 3.56. The summed E-state index contributed by atoms with van der Waals surface area (Å²) in [7, 11) is -4.22. The maximum Gasteiger partial charge on any atom is 0.264 e. The number of hydrogen-bond acceptors (Lipinski definition) is 4. The van der Waals surface area contributed by atoms with Crippen molar-refractivity contribution in [2.45, 2.75) is 76.4 Å². The highest BCUT2D eigenvalue weighted by molar-refractivity contribution is 7.92. The molecule has 1 aliphatic carbocycles. The summed E-state index contributed by atoms with van der Waals surface area (Å²) in [5.74, 6) is -0.738. The molecule has 0 unspecified atom stereocenters. The number of nitrogens with one attached hydrogen (secondary N) is 1. The Morgan fingerprint density at radius 3 is 2.17 bits per heavy atom. The van der Waals surface area contributed by atoms with Crippen LogP contribution in [-0.4, -0.2) is 43.8 Å². The van der Waals surface area contributed by atoms with E-state index in [9.17, 15) is 18.0 Å². The van der Waals surface area contributed by atoms with Crippen molar-refractivity contribution in [1.82, 2.24) is 10.2 Å². The second-order valence-corrected chi connectivity index (χ2v) is 14.7. The van der Waals surface area contributed by atoms with Gasteiger partial charge in [-0.25, -0.2) is 8.42 Å². The third-order valence-corrected chi connectivity index (χ3v) is 11.0. The molecule has 7 nitrogen and oxygen atoms in total. The molecule has 1 aliphatic rings. The summed E-state index contributed by atoms with van der Waals surface area (Å²) >= 11 is 6.49. The molecule has 1 atom stereocenters. The van der Waals surface area contributed by atoms with Crippen molar-refractivity contribution in [1.29, 1.82) is 0 Å². The number of rotatable bonds is 12. The number of amides is 2. The monoisotopic (exact) mass is 671 g/mol. The van der Waals surface area contributed by atoms with Crippen LogP contribution in [0.3, 0.4) is 0 Å². The number of nitrogens with zero attached hydrogens (tertiary/aromatic N) is 2. The molecule has 47 heavy (non-hydrogen) atoms. The molecular weight excluding hydrogens is 630 g/mol. The normalized spacial score (nSPS) is 14.0. The Morgan fingerprint density at radius 2 is 1.49 bits per heavy atom. The van der Waals surface area contributed by atoms with Gasteiger partial charge in [0.15, 0.2) is 0 Å². The molecule has 2 amide bonds. The van der Waals surface area contributed by atoms with Gasteiger partial charge in [0.1, 0.15) is 12.6 Å². The van der Waals surface area contributed by atoms with E-state index in [1.807, 2.05) is 68.4 Å². The number of hydrogen-bond donors (Lipinski definition) is 1. The fourth-order valence-corrected chi connectivity index (χ4v) is 7.79. The summed E-state index contributed by atoms with van der Waals surface area (Å²) in [4.78, 5) is 30.5. The molecule has 246 valence electrons. The predicted octanol–water partition coefficient (Wildman–Crippen LogP) is 7.16. The second-order valence-electron chi connectivity index (χ2n) is 12.4. The lowest BCUT2D eigenvalue weighted by Crippen LogP contribution is -2.54. The Kier molecular flexibility index (Phi) is 11.0. The number of aryl methyl sites for hydroxylation is 2. The third kappa shape index (κ3) is 8.42. The van der Waals surface area contributed by atoms with Crippen LogP contribution in [0.1, 0.15) is 53.5 Å². The molecule has 1 saturated carbocycles. The zero-order chi connectivity index (χ0) is 33.6. The zero-order valence-electron chi connectivity index (χ0n) is 27.2. The predicted molar refractivity (Wildman–Crippen MR) is 188 cm³/mol. The summed E-state index contributed by atoms with van der Waals surface area (Å²) in [6, 6.07) is 28.1. The van der Waals surface area contributed by atoms with Gasteiger partial charge in [0, 0.05) is 24.0 Å². The number of carbonyl (C=O) groups is 2. The van der Waals surface area contributed by atoms with Crippen molar-refractivity contribution in [3.05, 3.63) is 130 Å². The molecule has 0 aromatic heterocycles. The molecule has 1 N–H and O–H groups in total. The largest absolute Gasteiger partial charge is 0.352 e. The fourth-order valence-electron chi connectivity index (χ4n) is 6.15. The van der Waals surface area contributed by atoms with E-state index in [0.717, 1.165) is 52.2 Å². The number of sulfonamides is 1. The minimum Gasteiger partial charge on any atom is -0.352 e. The first kappa shape index (κ1) is 34.2. The Labute approximate surface area is 283 Å². The molecular formula is C38H42ClN3O4S. The lowest BCUT2D eigenvalue weighted by Gasteiger charge is -2.34. The lowest BCUT2D eigenvalue weighted by atomic mass is 10.0. The summed E-state index contributed by atoms with van der Waals surface area (Å²) in [5.41, 5.74) is 4.50. The van der Waals surface area contributed by atoms with Crippen LogP contribution in [0.4, 0.5) is 5.69 Å². The van der Waals surface area contributed by atoms with E-state index in [1.165, 1.54) is 0 Å². The van der Waals surface area contributed by atoms with Gasteiger partial charge in [-0.2, -0.15) is 0 Å². The van der Waals surface area contributed by atoms with E-state index in [2.05, 4.69) is 5.32 Å². The van der Waals surface area contributed by atoms with Crippen molar-refractivity contribution in [2.24, 2.45) is 0 Å².